The van der Waals surface area contributed by atoms with E-state index in [0.29, 0.717) is 0 Å². The van der Waals surface area contributed by atoms with E-state index in [9.17, 15) is 0 Å². The molecule has 41 heavy (non-hydrogen) atoms. The van der Waals surface area contributed by atoms with Crippen LogP contribution in [-0.4, -0.2) is 21.2 Å². The Kier molecular flexibility index (Phi) is 9.47. The Morgan fingerprint density at radius 2 is 0.829 bits per heavy atom. The first-order valence-electron chi connectivity index (χ1n) is 14.0. The minimum atomic E-state index is -2.41. The van der Waals surface area contributed by atoms with Gasteiger partial charge in [0.15, 0.2) is 0 Å². The summed E-state index contributed by atoms with van der Waals surface area (Å²) in [5.74, 6) is 0.0544. The van der Waals surface area contributed by atoms with Gasteiger partial charge < -0.3 is 0 Å². The maximum absolute atomic E-state index is 7.11. The summed E-state index contributed by atoms with van der Waals surface area (Å²) >= 11 is -2.41. The van der Waals surface area contributed by atoms with Crippen LogP contribution in [0.25, 0.3) is 0 Å². The molecule has 0 aliphatic rings. The van der Waals surface area contributed by atoms with Crippen LogP contribution in [0, 0.1) is 6.92 Å². The Balaban J connectivity index is 1.92. The van der Waals surface area contributed by atoms with E-state index in [-0.39, 0.29) is 11.8 Å². The number of hydrogen-bond acceptors (Lipinski definition) is 1. The molecule has 0 atom stereocenters. The molecule has 0 saturated carbocycles. The number of halogens is 2. The number of benzene rings is 5. The van der Waals surface area contributed by atoms with Gasteiger partial charge in [0.1, 0.15) is 0 Å². The Bertz CT molecular complexity index is 1370. The summed E-state index contributed by atoms with van der Waals surface area (Å²) in [7, 11) is 12.2. The van der Waals surface area contributed by atoms with Gasteiger partial charge in [-0.3, -0.25) is 0 Å². The zero-order chi connectivity index (χ0) is 29.0. The molecule has 0 heterocycles. The van der Waals surface area contributed by atoms with Gasteiger partial charge >= 0.3 is 261 Å². The molecule has 5 heteroatoms. The predicted molar refractivity (Wildman–Crippen MR) is 182 cm³/mol. The first-order chi connectivity index (χ1) is 19.8. The number of nitrogens with zero attached hydrogens (tertiary/aromatic N) is 1. The third kappa shape index (κ3) is 6.68. The average molecular weight is 657 g/mol. The fourth-order valence-corrected chi connectivity index (χ4v) is 18.7. The van der Waals surface area contributed by atoms with E-state index in [4.69, 9.17) is 19.9 Å². The van der Waals surface area contributed by atoms with E-state index in [1.807, 2.05) is 0 Å². The van der Waals surface area contributed by atoms with E-state index in [0.717, 1.165) is 0 Å². The zero-order valence-electron chi connectivity index (χ0n) is 24.0. The molecular formula is C36H36AsCl2NSi. The molecule has 208 valence electrons. The summed E-state index contributed by atoms with van der Waals surface area (Å²) < 4.78 is 2.48. The topological polar surface area (TPSA) is 3.24 Å². The van der Waals surface area contributed by atoms with Crippen molar-refractivity contribution in [2.45, 2.75) is 38.4 Å². The fraction of sp³-hybridized carbons (Fsp3) is 0.167. The van der Waals surface area contributed by atoms with Crippen LogP contribution in [-0.2, 0) is 0 Å². The van der Waals surface area contributed by atoms with Crippen LogP contribution in [0.4, 0.5) is 5.69 Å². The van der Waals surface area contributed by atoms with Crippen LogP contribution in [0.5, 0.6) is 0 Å². The van der Waals surface area contributed by atoms with Crippen molar-refractivity contribution in [2.75, 3.05) is 3.48 Å². The van der Waals surface area contributed by atoms with Gasteiger partial charge in [0, 0.05) is 0 Å². The van der Waals surface area contributed by atoms with E-state index in [2.05, 4.69) is 164 Å². The van der Waals surface area contributed by atoms with Crippen LogP contribution in [0.2, 0.25) is 19.6 Å². The van der Waals surface area contributed by atoms with Crippen molar-refractivity contribution < 1.29 is 0 Å². The van der Waals surface area contributed by atoms with Gasteiger partial charge in [-0.25, -0.2) is 0 Å². The molecule has 0 amide bonds. The van der Waals surface area contributed by atoms with Gasteiger partial charge in [-0.1, -0.05) is 0 Å². The third-order valence-corrected chi connectivity index (χ3v) is 17.7. The summed E-state index contributed by atoms with van der Waals surface area (Å²) in [6.07, 6.45) is 0. The number of aryl methyl sites for hydroxylation is 1. The molecule has 0 aliphatic carbocycles. The predicted octanol–water partition coefficient (Wildman–Crippen LogP) is 10.5. The number of anilines is 1. The van der Waals surface area contributed by atoms with Crippen LogP contribution >= 0.6 is 19.9 Å². The molecule has 5 aromatic carbocycles. The summed E-state index contributed by atoms with van der Waals surface area (Å²) in [6, 6.07) is 48.1. The molecular weight excluding hydrogens is 620 g/mol. The second-order valence-corrected chi connectivity index (χ2v) is 23.1. The Morgan fingerprint density at radius 1 is 0.537 bits per heavy atom. The monoisotopic (exact) mass is 655 g/mol. The van der Waals surface area contributed by atoms with Crippen molar-refractivity contribution in [3.63, 3.8) is 0 Å². The molecule has 5 aromatic rings. The molecule has 0 saturated heterocycles. The van der Waals surface area contributed by atoms with Crippen LogP contribution < -0.4 is 3.48 Å². The summed E-state index contributed by atoms with van der Waals surface area (Å²) in [5.41, 5.74) is 9.98. The summed E-state index contributed by atoms with van der Waals surface area (Å²) in [6.45, 7) is 9.28. The second kappa shape index (κ2) is 13.1. The standard InChI is InChI=1S/C36H36AsCl2NSi/c1-27-25-32(34(28-17-9-5-10-18-28)29-19-11-6-12-20-29)36(40(37(38)39)41(2,3)4)33(26-27)35(30-21-13-7-14-22-30)31-23-15-8-16-24-31/h5-26,34-35H,1-4H3. The normalized spacial score (nSPS) is 11.8. The molecule has 0 fully saturated rings. The van der Waals surface area contributed by atoms with E-state index < -0.39 is 21.2 Å². The quantitative estimate of drug-likeness (QED) is 0.113. The number of hydrogen-bond donors (Lipinski definition) is 0. The van der Waals surface area contributed by atoms with Gasteiger partial charge in [-0.2, -0.15) is 0 Å². The molecule has 0 aliphatic heterocycles. The third-order valence-electron chi connectivity index (χ3n) is 7.47. The Morgan fingerprint density at radius 3 is 1.07 bits per heavy atom. The SMILES string of the molecule is Cc1cc(C(c2ccccc2)c2ccccc2)c(N([As](Cl)Cl)[Si](C)(C)C)c(C(c2ccccc2)c2ccccc2)c1. The van der Waals surface area contributed by atoms with Crippen molar-refractivity contribution in [2.24, 2.45) is 0 Å². The molecule has 1 nitrogen and oxygen atoms in total. The average Bonchev–Trinajstić information content (AvgIpc) is 2.96. The van der Waals surface area contributed by atoms with E-state index in [1.165, 1.54) is 44.6 Å². The van der Waals surface area contributed by atoms with Gasteiger partial charge in [0.2, 0.25) is 0 Å². The van der Waals surface area contributed by atoms with Crippen LogP contribution in [0.3, 0.4) is 0 Å². The first kappa shape index (κ1) is 29.7. The molecule has 0 aromatic heterocycles. The fourth-order valence-electron chi connectivity index (χ4n) is 5.84. The van der Waals surface area contributed by atoms with E-state index >= 15 is 0 Å². The van der Waals surface area contributed by atoms with Crippen molar-refractivity contribution in [1.29, 1.82) is 0 Å². The Hall–Kier alpha value is -2.74. The molecule has 0 spiro atoms. The van der Waals surface area contributed by atoms with Crippen LogP contribution in [0.1, 0.15) is 50.8 Å². The molecule has 0 radical (unpaired) electrons. The first-order valence-corrected chi connectivity index (χ1v) is 23.2. The second-order valence-electron chi connectivity index (χ2n) is 11.5. The summed E-state index contributed by atoms with van der Waals surface area (Å²) in [4.78, 5) is 0. The van der Waals surface area contributed by atoms with Gasteiger partial charge in [0.05, 0.1) is 0 Å². The van der Waals surface area contributed by atoms with Crippen LogP contribution in [0.15, 0.2) is 133 Å². The van der Waals surface area contributed by atoms with Gasteiger partial charge in [-0.15, -0.1) is 0 Å². The van der Waals surface area contributed by atoms with Gasteiger partial charge in [0.25, 0.3) is 0 Å². The zero-order valence-corrected chi connectivity index (χ0v) is 28.4. The van der Waals surface area contributed by atoms with E-state index in [1.54, 1.807) is 0 Å². The molecule has 5 rings (SSSR count). The molecule has 0 bridgehead atoms. The molecule has 0 unspecified atom stereocenters. The Labute approximate surface area is 259 Å². The molecule has 0 N–H and O–H groups in total. The minimum absolute atomic E-state index is 0.0272. The summed E-state index contributed by atoms with van der Waals surface area (Å²) in [5, 5.41) is 0. The van der Waals surface area contributed by atoms with Crippen molar-refractivity contribution in [3.05, 3.63) is 172 Å². The van der Waals surface area contributed by atoms with Crippen molar-refractivity contribution in [3.8, 4) is 0 Å². The van der Waals surface area contributed by atoms with Gasteiger partial charge in [-0.05, 0) is 0 Å². The number of rotatable bonds is 9. The van der Waals surface area contributed by atoms with Crippen molar-refractivity contribution in [1.82, 2.24) is 0 Å². The van der Waals surface area contributed by atoms with Crippen molar-refractivity contribution >= 4 is 46.8 Å². The maximum atomic E-state index is 7.11.